The minimum absolute atomic E-state index is 0.423. The SMILES string of the molecule is CCCC(C)Nc1cccnc1-n1cncn1. The van der Waals surface area contributed by atoms with Gasteiger partial charge in [0.1, 0.15) is 12.7 Å². The van der Waals surface area contributed by atoms with Gasteiger partial charge in [-0.05, 0) is 25.5 Å². The van der Waals surface area contributed by atoms with Crippen LogP contribution in [-0.4, -0.2) is 25.8 Å². The molecule has 1 unspecified atom stereocenters. The fraction of sp³-hybridized carbons (Fsp3) is 0.417. The second-order valence-electron chi connectivity index (χ2n) is 4.05. The zero-order valence-corrected chi connectivity index (χ0v) is 10.2. The Labute approximate surface area is 101 Å². The second kappa shape index (κ2) is 5.43. The predicted molar refractivity (Wildman–Crippen MR) is 67.1 cm³/mol. The van der Waals surface area contributed by atoms with E-state index < -0.39 is 0 Å². The van der Waals surface area contributed by atoms with Crippen molar-refractivity contribution >= 4 is 5.69 Å². The Morgan fingerprint density at radius 3 is 3.06 bits per heavy atom. The van der Waals surface area contributed by atoms with E-state index in [1.54, 1.807) is 17.2 Å². The van der Waals surface area contributed by atoms with E-state index in [4.69, 9.17) is 0 Å². The van der Waals surface area contributed by atoms with Crippen LogP contribution in [0.15, 0.2) is 31.0 Å². The van der Waals surface area contributed by atoms with E-state index in [1.807, 2.05) is 12.1 Å². The lowest BCUT2D eigenvalue weighted by molar-refractivity contribution is 0.688. The molecule has 0 aliphatic heterocycles. The number of aromatic nitrogens is 4. The molecule has 2 heterocycles. The molecule has 0 saturated heterocycles. The van der Waals surface area contributed by atoms with E-state index in [9.17, 15) is 0 Å². The van der Waals surface area contributed by atoms with Gasteiger partial charge in [0, 0.05) is 12.2 Å². The summed E-state index contributed by atoms with van der Waals surface area (Å²) in [4.78, 5) is 8.27. The molecule has 0 aliphatic rings. The van der Waals surface area contributed by atoms with E-state index >= 15 is 0 Å². The van der Waals surface area contributed by atoms with E-state index in [2.05, 4.69) is 34.2 Å². The van der Waals surface area contributed by atoms with Crippen molar-refractivity contribution < 1.29 is 0 Å². The van der Waals surface area contributed by atoms with Gasteiger partial charge in [-0.1, -0.05) is 13.3 Å². The van der Waals surface area contributed by atoms with Crippen molar-refractivity contribution in [3.63, 3.8) is 0 Å². The maximum Gasteiger partial charge on any atom is 0.178 e. The van der Waals surface area contributed by atoms with Crippen molar-refractivity contribution in [2.45, 2.75) is 32.7 Å². The van der Waals surface area contributed by atoms with Crippen molar-refractivity contribution in [2.24, 2.45) is 0 Å². The smallest absolute Gasteiger partial charge is 0.178 e. The van der Waals surface area contributed by atoms with Crippen molar-refractivity contribution in [1.29, 1.82) is 0 Å². The van der Waals surface area contributed by atoms with Gasteiger partial charge in [0.2, 0.25) is 0 Å². The van der Waals surface area contributed by atoms with Crippen LogP contribution in [-0.2, 0) is 0 Å². The Kier molecular flexibility index (Phi) is 3.69. The third-order valence-corrected chi connectivity index (χ3v) is 2.55. The molecule has 90 valence electrons. The molecule has 2 rings (SSSR count). The second-order valence-corrected chi connectivity index (χ2v) is 4.05. The Hall–Kier alpha value is -1.91. The summed E-state index contributed by atoms with van der Waals surface area (Å²) in [6, 6.07) is 4.35. The van der Waals surface area contributed by atoms with E-state index in [0.717, 1.165) is 24.3 Å². The first-order valence-corrected chi connectivity index (χ1v) is 5.87. The van der Waals surface area contributed by atoms with Gasteiger partial charge in [0.25, 0.3) is 0 Å². The zero-order valence-electron chi connectivity index (χ0n) is 10.2. The molecule has 5 nitrogen and oxygen atoms in total. The number of nitrogens with one attached hydrogen (secondary N) is 1. The van der Waals surface area contributed by atoms with Crippen molar-refractivity contribution in [1.82, 2.24) is 19.7 Å². The molecule has 0 aliphatic carbocycles. The minimum Gasteiger partial charge on any atom is -0.380 e. The molecule has 2 aromatic rings. The van der Waals surface area contributed by atoms with Crippen LogP contribution >= 0.6 is 0 Å². The highest BCUT2D eigenvalue weighted by Crippen LogP contribution is 2.17. The van der Waals surface area contributed by atoms with Gasteiger partial charge >= 0.3 is 0 Å². The highest BCUT2D eigenvalue weighted by atomic mass is 15.3. The topological polar surface area (TPSA) is 55.6 Å². The molecule has 1 atom stereocenters. The molecule has 0 fully saturated rings. The number of hydrogen-bond acceptors (Lipinski definition) is 4. The van der Waals surface area contributed by atoms with Crippen LogP contribution in [0, 0.1) is 0 Å². The molecule has 0 spiro atoms. The maximum absolute atomic E-state index is 4.33. The Balaban J connectivity index is 2.22. The summed E-state index contributed by atoms with van der Waals surface area (Å²) in [6.45, 7) is 4.35. The molecule has 17 heavy (non-hydrogen) atoms. The summed E-state index contributed by atoms with van der Waals surface area (Å²) in [5.41, 5.74) is 0.985. The summed E-state index contributed by atoms with van der Waals surface area (Å²) >= 11 is 0. The van der Waals surface area contributed by atoms with Crippen LogP contribution in [0.5, 0.6) is 0 Å². The largest absolute Gasteiger partial charge is 0.380 e. The molecule has 0 aromatic carbocycles. The van der Waals surface area contributed by atoms with Crippen LogP contribution in [0.4, 0.5) is 5.69 Å². The van der Waals surface area contributed by atoms with Crippen LogP contribution in [0.2, 0.25) is 0 Å². The molecule has 2 aromatic heterocycles. The summed E-state index contributed by atoms with van der Waals surface area (Å²) in [6.07, 6.45) is 7.21. The van der Waals surface area contributed by atoms with E-state index in [-0.39, 0.29) is 0 Å². The number of anilines is 1. The predicted octanol–water partition coefficient (Wildman–Crippen LogP) is 2.26. The Morgan fingerprint density at radius 2 is 2.35 bits per heavy atom. The monoisotopic (exact) mass is 231 g/mol. The van der Waals surface area contributed by atoms with Gasteiger partial charge in [0.05, 0.1) is 5.69 Å². The Bertz CT molecular complexity index is 452. The normalized spacial score (nSPS) is 12.4. The number of hydrogen-bond donors (Lipinski definition) is 1. The van der Waals surface area contributed by atoms with Crippen LogP contribution in [0.3, 0.4) is 0 Å². The van der Waals surface area contributed by atoms with Gasteiger partial charge in [0.15, 0.2) is 5.82 Å². The summed E-state index contributed by atoms with van der Waals surface area (Å²) in [7, 11) is 0. The molecule has 1 N–H and O–H groups in total. The van der Waals surface area contributed by atoms with Crippen molar-refractivity contribution in [3.8, 4) is 5.82 Å². The lowest BCUT2D eigenvalue weighted by Crippen LogP contribution is -2.16. The molecule has 5 heteroatoms. The Morgan fingerprint density at radius 1 is 1.47 bits per heavy atom. The first kappa shape index (κ1) is 11.6. The molecule has 0 bridgehead atoms. The third-order valence-electron chi connectivity index (χ3n) is 2.55. The maximum atomic E-state index is 4.33. The molecular formula is C12H17N5. The lowest BCUT2D eigenvalue weighted by Gasteiger charge is -2.16. The van der Waals surface area contributed by atoms with Crippen molar-refractivity contribution in [2.75, 3.05) is 5.32 Å². The number of rotatable bonds is 5. The van der Waals surface area contributed by atoms with Gasteiger partial charge in [-0.15, -0.1) is 0 Å². The van der Waals surface area contributed by atoms with Gasteiger partial charge in [-0.25, -0.2) is 14.6 Å². The molecule has 0 amide bonds. The third kappa shape index (κ3) is 2.81. The number of nitrogens with zero attached hydrogens (tertiary/aromatic N) is 4. The van der Waals surface area contributed by atoms with E-state index in [0.29, 0.717) is 6.04 Å². The molecular weight excluding hydrogens is 214 g/mol. The average Bonchev–Trinajstić information content (AvgIpc) is 2.83. The van der Waals surface area contributed by atoms with Crippen LogP contribution in [0.1, 0.15) is 26.7 Å². The highest BCUT2D eigenvalue weighted by molar-refractivity contribution is 5.56. The summed E-state index contributed by atoms with van der Waals surface area (Å²) < 4.78 is 1.67. The van der Waals surface area contributed by atoms with Gasteiger partial charge in [-0.2, -0.15) is 5.10 Å². The minimum atomic E-state index is 0.423. The molecule has 0 radical (unpaired) electrons. The first-order valence-electron chi connectivity index (χ1n) is 5.87. The van der Waals surface area contributed by atoms with Gasteiger partial charge < -0.3 is 5.32 Å². The average molecular weight is 231 g/mol. The molecule has 0 saturated carbocycles. The lowest BCUT2D eigenvalue weighted by atomic mass is 10.2. The van der Waals surface area contributed by atoms with Crippen molar-refractivity contribution in [3.05, 3.63) is 31.0 Å². The van der Waals surface area contributed by atoms with E-state index in [1.165, 1.54) is 6.33 Å². The van der Waals surface area contributed by atoms with Crippen LogP contribution < -0.4 is 5.32 Å². The fourth-order valence-corrected chi connectivity index (χ4v) is 1.78. The van der Waals surface area contributed by atoms with Gasteiger partial charge in [-0.3, -0.25) is 0 Å². The number of pyridine rings is 1. The fourth-order valence-electron chi connectivity index (χ4n) is 1.78. The first-order chi connectivity index (χ1) is 8.31. The summed E-state index contributed by atoms with van der Waals surface area (Å²) in [5, 5.41) is 7.55. The highest BCUT2D eigenvalue weighted by Gasteiger charge is 2.08. The van der Waals surface area contributed by atoms with Crippen LogP contribution in [0.25, 0.3) is 5.82 Å². The quantitative estimate of drug-likeness (QED) is 0.857. The standard InChI is InChI=1S/C12H17N5/c1-3-5-10(2)16-11-6-4-7-14-12(11)17-9-13-8-15-17/h4,6-10,16H,3,5H2,1-2H3. The zero-order chi connectivity index (χ0) is 12.1. The summed E-state index contributed by atoms with van der Waals surface area (Å²) in [5.74, 6) is 0.785.